The molecule has 0 spiro atoms. The van der Waals surface area contributed by atoms with Gasteiger partial charge in [0.2, 0.25) is 0 Å². The molecule has 2 aromatic rings. The second kappa shape index (κ2) is 30.5. The van der Waals surface area contributed by atoms with Crippen molar-refractivity contribution in [2.45, 2.75) is 209 Å². The number of ether oxygens (including phenoxy) is 2. The van der Waals surface area contributed by atoms with Gasteiger partial charge in [0.25, 0.3) is 11.1 Å². The molecule has 14 nitrogen and oxygen atoms in total. The van der Waals surface area contributed by atoms with Crippen LogP contribution < -0.4 is 5.32 Å². The van der Waals surface area contributed by atoms with Crippen molar-refractivity contribution in [1.82, 2.24) is 30.0 Å². The maximum atomic E-state index is 13.7. The van der Waals surface area contributed by atoms with Crippen LogP contribution in [0.3, 0.4) is 0 Å². The van der Waals surface area contributed by atoms with E-state index in [-0.39, 0.29) is 68.2 Å². The number of hydrogen-bond donors (Lipinski definition) is 1. The second-order valence-electron chi connectivity index (χ2n) is 24.3. The number of amides is 3. The first-order valence-corrected chi connectivity index (χ1v) is 34.0. The highest BCUT2D eigenvalue weighted by atomic mass is 79.9. The first-order valence-electron chi connectivity index (χ1n) is 25.4. The topological polar surface area (TPSA) is 153 Å². The number of halogens is 5. The Labute approximate surface area is 480 Å². The van der Waals surface area contributed by atoms with Crippen LogP contribution in [0.2, 0.25) is 46.6 Å². The van der Waals surface area contributed by atoms with E-state index >= 15 is 0 Å². The summed E-state index contributed by atoms with van der Waals surface area (Å²) in [6.45, 7) is 47.5. The van der Waals surface area contributed by atoms with Gasteiger partial charge in [0.05, 0.1) is 17.2 Å². The van der Waals surface area contributed by atoms with E-state index in [1.807, 2.05) is 53.4 Å². The zero-order valence-electron chi connectivity index (χ0n) is 49.2. The number of carbonyl (C=O) groups excluding carboxylic acids is 4. The smallest absolute Gasteiger partial charge is 0.412 e. The lowest BCUT2D eigenvalue weighted by Crippen LogP contribution is -2.54. The van der Waals surface area contributed by atoms with Gasteiger partial charge in [-0.25, -0.2) is 19.6 Å². The quantitative estimate of drug-likeness (QED) is 0.0619. The lowest BCUT2D eigenvalue weighted by atomic mass is 10.0. The number of nitrogens with one attached hydrogen (secondary N) is 1. The predicted molar refractivity (Wildman–Crippen MR) is 318 cm³/mol. The second-order valence-corrected chi connectivity index (χ2v) is 36.7. The van der Waals surface area contributed by atoms with Gasteiger partial charge in [0.15, 0.2) is 16.6 Å². The first-order chi connectivity index (χ1) is 33.3. The van der Waals surface area contributed by atoms with Crippen molar-refractivity contribution in [2.75, 3.05) is 33.7 Å². The summed E-state index contributed by atoms with van der Waals surface area (Å²) < 4.78 is 26.0. The highest BCUT2D eigenvalue weighted by molar-refractivity contribution is 9.10. The van der Waals surface area contributed by atoms with Crippen LogP contribution in [0.5, 0.6) is 0 Å². The third-order valence-electron chi connectivity index (χ3n) is 13.1. The molecule has 6 unspecified atom stereocenters. The highest BCUT2D eigenvalue weighted by Gasteiger charge is 2.44. The molecule has 6 atom stereocenters. The highest BCUT2D eigenvalue weighted by Crippen LogP contribution is 2.40. The van der Waals surface area contributed by atoms with Gasteiger partial charge >= 0.3 is 12.2 Å². The van der Waals surface area contributed by atoms with Crippen molar-refractivity contribution in [3.05, 3.63) is 54.9 Å². The van der Waals surface area contributed by atoms with Gasteiger partial charge < -0.3 is 33.4 Å². The normalized spacial score (nSPS) is 14.9. The Morgan fingerprint density at radius 3 is 1.51 bits per heavy atom. The van der Waals surface area contributed by atoms with Crippen molar-refractivity contribution >= 4 is 107 Å². The number of carbonyl (C=O) groups is 4. The van der Waals surface area contributed by atoms with Gasteiger partial charge in [-0.05, 0) is 160 Å². The molecule has 426 valence electrons. The summed E-state index contributed by atoms with van der Waals surface area (Å²) in [5, 5.41) is 3.28. The molecule has 2 rings (SSSR count). The molecule has 0 aliphatic carbocycles. The molecule has 1 N–H and O–H groups in total. The fraction of sp³-hybridized carbons (Fsp3) is 0.736. The Morgan fingerprint density at radius 2 is 1.11 bits per heavy atom. The Kier molecular flexibility index (Phi) is 29.7. The Morgan fingerprint density at radius 1 is 0.676 bits per heavy atom. The van der Waals surface area contributed by atoms with Gasteiger partial charge in [-0.15, -0.1) is 0 Å². The lowest BCUT2D eigenvalue weighted by molar-refractivity contribution is -0.0343. The molecule has 0 saturated heterocycles. The molecule has 74 heavy (non-hydrogen) atoms. The summed E-state index contributed by atoms with van der Waals surface area (Å²) in [4.78, 5) is 62.7. The summed E-state index contributed by atoms with van der Waals surface area (Å²) in [6.07, 6.45) is 3.57. The number of pyridine rings is 2. The van der Waals surface area contributed by atoms with Crippen LogP contribution in [0.4, 0.5) is 9.59 Å². The van der Waals surface area contributed by atoms with Gasteiger partial charge in [0, 0.05) is 79.0 Å². The van der Waals surface area contributed by atoms with Gasteiger partial charge in [-0.2, -0.15) is 0 Å². The maximum absolute atomic E-state index is 13.7. The number of hydrogen-bond acceptors (Lipinski definition) is 11. The van der Waals surface area contributed by atoms with Crippen molar-refractivity contribution in [3.63, 3.8) is 0 Å². The zero-order chi connectivity index (χ0) is 58.3. The average molecular weight is 1260 g/mol. The van der Waals surface area contributed by atoms with Crippen LogP contribution in [-0.2, 0) is 18.3 Å². The van der Waals surface area contributed by atoms with Crippen LogP contribution in [0.15, 0.2) is 33.5 Å². The van der Waals surface area contributed by atoms with E-state index in [1.54, 1.807) is 36.2 Å². The molecule has 0 bridgehead atoms. The molecule has 2 heterocycles. The Hall–Kier alpha value is -1.88. The number of rotatable bonds is 19. The fourth-order valence-corrected chi connectivity index (χ4v) is 10.1. The molecule has 21 heteroatoms. The van der Waals surface area contributed by atoms with Crippen molar-refractivity contribution in [3.8, 4) is 0 Å². The summed E-state index contributed by atoms with van der Waals surface area (Å²) in [5.74, 6) is -0.0990. The van der Waals surface area contributed by atoms with E-state index in [2.05, 4.69) is 149 Å². The molecule has 0 aliphatic heterocycles. The average Bonchev–Trinajstić information content (AvgIpc) is 3.25. The Balaban J connectivity index is 0.00000124. The van der Waals surface area contributed by atoms with Crippen LogP contribution in [0.1, 0.15) is 158 Å². The molecule has 0 fully saturated rings. The van der Waals surface area contributed by atoms with Crippen LogP contribution >= 0.6 is 66.7 Å². The number of nitrogens with zero attached hydrogens (tertiary/aromatic N) is 5. The molecular weight excluding hydrogens is 1170 g/mol. The van der Waals surface area contributed by atoms with Crippen LogP contribution in [0, 0.1) is 11.8 Å². The molecule has 0 radical (unpaired) electrons. The van der Waals surface area contributed by atoms with Crippen molar-refractivity contribution in [1.29, 1.82) is 0 Å². The minimum atomic E-state index is -2.19. The monoisotopic (exact) mass is 1260 g/mol. The van der Waals surface area contributed by atoms with E-state index in [9.17, 15) is 19.2 Å². The zero-order valence-corrected chi connectivity index (χ0v) is 56.6. The predicted octanol–water partition coefficient (Wildman–Crippen LogP) is 15.7. The van der Waals surface area contributed by atoms with E-state index in [0.29, 0.717) is 33.6 Å². The van der Waals surface area contributed by atoms with Crippen LogP contribution in [-0.4, -0.2) is 134 Å². The Bertz CT molecular complexity index is 2120. The largest absolute Gasteiger partial charge is 0.444 e. The molecular formula is C53H93Br2Cl3N6O8Si2. The van der Waals surface area contributed by atoms with Crippen LogP contribution in [0.25, 0.3) is 0 Å². The SMILES string of the molecule is CCC(C)N(CC(C)C(CN(C)C(=O)OC(C)(C)C)O[Si](C)(C)C(C)(C)C)C(=O)c1cc(Br)cnc1Cl.CCC(C)NCC(C)C(O[Si](C)(C)C(C)(C)C)N(C)C(=O)OC(C)(C)C.O=C(Cl)c1cc(Br)cnc1Cl. The molecule has 0 aromatic carbocycles. The first kappa shape index (κ1) is 72.1. The summed E-state index contributed by atoms with van der Waals surface area (Å²) in [7, 11) is -0.720. The van der Waals surface area contributed by atoms with E-state index < -0.39 is 39.2 Å². The standard InChI is InChI=1S/C27H47BrClN3O4Si.C20H44N2O3Si.C6H2BrCl2NO/c1-13-19(3)32(24(33)21-14-20(28)15-30-23(21)29)16-18(2)22(36-37(11,12)27(7,8)9)17-31(10)25(34)35-26(4,5)6;1-13-16(3)21-14-15(2)17(25-26(11,12)20(7,8)9)22(10)18(23)24-19(4,5)6;7-3-1-4(6(9)11)5(8)10-2-3/h14-15,18-19,22H,13,16-17H2,1-12H3;15-17,21H,13-14H2,1-12H3;1-2H. The van der Waals surface area contributed by atoms with Crippen molar-refractivity contribution in [2.24, 2.45) is 11.8 Å². The maximum Gasteiger partial charge on any atom is 0.412 e. The number of aromatic nitrogens is 2. The lowest BCUT2D eigenvalue weighted by Gasteiger charge is -2.44. The third-order valence-corrected chi connectivity index (χ3v) is 23.8. The van der Waals surface area contributed by atoms with Gasteiger partial charge in [-0.1, -0.05) is 92.4 Å². The summed E-state index contributed by atoms with van der Waals surface area (Å²) >= 11 is 23.6. The minimum absolute atomic E-state index is 0.0167. The van der Waals surface area contributed by atoms with Gasteiger partial charge in [0.1, 0.15) is 27.7 Å². The van der Waals surface area contributed by atoms with E-state index in [4.69, 9.17) is 53.1 Å². The van der Waals surface area contributed by atoms with Crippen molar-refractivity contribution < 1.29 is 37.5 Å². The van der Waals surface area contributed by atoms with E-state index in [0.717, 1.165) is 19.4 Å². The van der Waals surface area contributed by atoms with Gasteiger partial charge in [-0.3, -0.25) is 14.5 Å². The minimum Gasteiger partial charge on any atom is -0.444 e. The van der Waals surface area contributed by atoms with E-state index in [1.165, 1.54) is 12.3 Å². The number of likely N-dealkylation sites (N-methyl/N-ethyl adjacent to an activating group) is 1. The fourth-order valence-electron chi connectivity index (χ4n) is 6.10. The molecule has 0 saturated carbocycles. The summed E-state index contributed by atoms with van der Waals surface area (Å²) in [6, 6.07) is 3.64. The molecule has 0 aliphatic rings. The molecule has 2 aromatic heterocycles. The molecule has 3 amide bonds. The third kappa shape index (κ3) is 25.3. The summed E-state index contributed by atoms with van der Waals surface area (Å²) in [5.41, 5.74) is -0.548.